The average Bonchev–Trinajstić information content (AvgIpc) is 2.76. The van der Waals surface area contributed by atoms with Gasteiger partial charge in [-0.15, -0.1) is 0 Å². The number of aryl methyl sites for hydroxylation is 1. The third-order valence-corrected chi connectivity index (χ3v) is 9.95. The largest absolute Gasteiger partial charge is 0.481 e. The van der Waals surface area contributed by atoms with Crippen LogP contribution in [0.15, 0.2) is 54.6 Å². The molecule has 3 atom stereocenters. The van der Waals surface area contributed by atoms with Crippen molar-refractivity contribution in [2.45, 2.75) is 51.1 Å². The van der Waals surface area contributed by atoms with Crippen molar-refractivity contribution in [3.8, 4) is 0 Å². The number of hydrogen-bond donors (Lipinski definition) is 4. The molecule has 2 aromatic carbocycles. The monoisotopic (exact) mass is 496 g/mol. The van der Waals surface area contributed by atoms with Crippen molar-refractivity contribution < 1.29 is 27.8 Å². The Morgan fingerprint density at radius 3 is 2.30 bits per heavy atom. The number of nitrogens with one attached hydrogen (secondary N) is 1. The van der Waals surface area contributed by atoms with Gasteiger partial charge in [0.1, 0.15) is 5.78 Å². The van der Waals surface area contributed by atoms with E-state index < -0.39 is 47.1 Å². The molecule has 0 radical (unpaired) electrons. The van der Waals surface area contributed by atoms with E-state index in [2.05, 4.69) is 4.72 Å². The molecule has 2 rings (SSSR count). The van der Waals surface area contributed by atoms with E-state index in [0.717, 1.165) is 5.56 Å². The summed E-state index contributed by atoms with van der Waals surface area (Å²) in [7, 11) is -8.26. The second-order valence-corrected chi connectivity index (χ2v) is 12.8. The molecule has 2 unspecified atom stereocenters. The maximum Gasteiger partial charge on any atom is 0.304 e. The topological polar surface area (TPSA) is 147 Å². The normalized spacial score (nSPS) is 15.7. The van der Waals surface area contributed by atoms with E-state index in [9.17, 15) is 27.8 Å². The van der Waals surface area contributed by atoms with Crippen LogP contribution in [0.2, 0.25) is 0 Å². The Hall–Kier alpha value is -2.03. The van der Waals surface area contributed by atoms with Crippen molar-refractivity contribution >= 4 is 23.4 Å². The lowest BCUT2D eigenvalue weighted by molar-refractivity contribution is -0.137. The smallest absolute Gasteiger partial charge is 0.304 e. The Bertz CT molecular complexity index is 1080. The molecule has 5 N–H and O–H groups in total. The number of carbonyl (C=O) groups is 1. The molecule has 0 aliphatic carbocycles. The summed E-state index contributed by atoms with van der Waals surface area (Å²) in [5.41, 5.74) is 6.43. The summed E-state index contributed by atoms with van der Waals surface area (Å²) in [6, 6.07) is 16.0. The maximum atomic E-state index is 13.7. The van der Waals surface area contributed by atoms with Crippen molar-refractivity contribution in [1.29, 1.82) is 0 Å². The molecular weight excluding hydrogens is 463 g/mol. The standard InChI is InChI=1S/C23H33N2O6PS/c1-17(2)23(25-33(30,31)13-7-11-18-8-4-3-5-9-18)32(28,29)21(15-22(26)27)20-12-6-10-19(14-20)16-24/h3-6,8-10,12,14,17,21,23,25H,7,11,13,15-16,24H2,1-2H3,(H,26,27)(H,28,29)/t21?,23-/m1/s1. The van der Waals surface area contributed by atoms with Crippen molar-refractivity contribution in [2.75, 3.05) is 5.75 Å². The fraction of sp³-hybridized carbons (Fsp3) is 0.435. The third kappa shape index (κ3) is 8.05. The molecule has 0 fully saturated rings. The van der Waals surface area contributed by atoms with E-state index >= 15 is 0 Å². The molecule has 0 bridgehead atoms. The summed E-state index contributed by atoms with van der Waals surface area (Å²) in [6.45, 7) is 3.45. The van der Waals surface area contributed by atoms with Gasteiger partial charge in [0.05, 0.1) is 17.8 Å². The number of rotatable bonds is 13. The highest BCUT2D eigenvalue weighted by atomic mass is 32.2. The van der Waals surface area contributed by atoms with Crippen LogP contribution in [0.3, 0.4) is 0 Å². The van der Waals surface area contributed by atoms with Crippen LogP contribution in [-0.2, 0) is 32.3 Å². The molecule has 0 aromatic heterocycles. The van der Waals surface area contributed by atoms with Crippen LogP contribution in [0.4, 0.5) is 0 Å². The first-order valence-corrected chi connectivity index (χ1v) is 14.3. The number of nitrogens with two attached hydrogens (primary N) is 1. The Labute approximate surface area is 195 Å². The summed E-state index contributed by atoms with van der Waals surface area (Å²) in [4.78, 5) is 22.7. The lowest BCUT2D eigenvalue weighted by Gasteiger charge is -2.32. The van der Waals surface area contributed by atoms with E-state index in [4.69, 9.17) is 5.73 Å². The first-order valence-electron chi connectivity index (χ1n) is 10.8. The van der Waals surface area contributed by atoms with Gasteiger partial charge in [-0.25, -0.2) is 13.1 Å². The molecule has 10 heteroatoms. The fourth-order valence-electron chi connectivity index (χ4n) is 3.74. The van der Waals surface area contributed by atoms with Crippen molar-refractivity contribution in [3.63, 3.8) is 0 Å². The number of aliphatic carboxylic acids is 1. The average molecular weight is 497 g/mol. The molecule has 2 aromatic rings. The minimum atomic E-state index is -4.37. The first-order chi connectivity index (χ1) is 15.5. The molecular formula is C23H33N2O6PS. The first kappa shape index (κ1) is 27.2. The number of hydrogen-bond acceptors (Lipinski definition) is 5. The maximum absolute atomic E-state index is 13.7. The third-order valence-electron chi connectivity index (χ3n) is 5.44. The zero-order chi connectivity index (χ0) is 24.6. The zero-order valence-electron chi connectivity index (χ0n) is 18.9. The lowest BCUT2D eigenvalue weighted by Crippen LogP contribution is -2.40. The molecule has 0 saturated carbocycles. The fourth-order valence-corrected chi connectivity index (χ4v) is 8.36. The van der Waals surface area contributed by atoms with Gasteiger partial charge in [-0.2, -0.15) is 0 Å². The van der Waals surface area contributed by atoms with Crippen LogP contribution in [-0.4, -0.2) is 35.9 Å². The Kier molecular flexibility index (Phi) is 9.82. The van der Waals surface area contributed by atoms with E-state index in [1.165, 1.54) is 0 Å². The molecule has 0 spiro atoms. The summed E-state index contributed by atoms with van der Waals surface area (Å²) >= 11 is 0. The Morgan fingerprint density at radius 1 is 1.09 bits per heavy atom. The van der Waals surface area contributed by atoms with Gasteiger partial charge in [0, 0.05) is 6.54 Å². The van der Waals surface area contributed by atoms with Crippen LogP contribution in [0.5, 0.6) is 0 Å². The van der Waals surface area contributed by atoms with Gasteiger partial charge < -0.3 is 15.7 Å². The second-order valence-electron chi connectivity index (χ2n) is 8.45. The molecule has 0 heterocycles. The van der Waals surface area contributed by atoms with Gasteiger partial charge in [-0.1, -0.05) is 68.4 Å². The number of carboxylic acids is 1. The predicted molar refractivity (Wildman–Crippen MR) is 129 cm³/mol. The molecule has 182 valence electrons. The Morgan fingerprint density at radius 2 is 1.73 bits per heavy atom. The highest BCUT2D eigenvalue weighted by Crippen LogP contribution is 2.62. The van der Waals surface area contributed by atoms with Gasteiger partial charge in [0.15, 0.2) is 0 Å². The Balaban J connectivity index is 2.27. The second kappa shape index (κ2) is 11.9. The highest BCUT2D eigenvalue weighted by molar-refractivity contribution is 7.89. The van der Waals surface area contributed by atoms with Crippen molar-refractivity contribution in [2.24, 2.45) is 11.7 Å². The SMILES string of the molecule is CC(C)[C@H](NS(=O)(=O)CCCc1ccccc1)P(=O)(O)C(CC(=O)O)c1cccc(CN)c1. The molecule has 0 amide bonds. The summed E-state index contributed by atoms with van der Waals surface area (Å²) in [6.07, 6.45) is 0.288. The predicted octanol–water partition coefficient (Wildman–Crippen LogP) is 3.47. The van der Waals surface area contributed by atoms with Gasteiger partial charge in [0.25, 0.3) is 0 Å². The summed E-state index contributed by atoms with van der Waals surface area (Å²) < 4.78 is 41.7. The van der Waals surface area contributed by atoms with E-state index in [1.54, 1.807) is 38.1 Å². The minimum Gasteiger partial charge on any atom is -0.481 e. The summed E-state index contributed by atoms with van der Waals surface area (Å²) in [5, 5.41) is 9.42. The quantitative estimate of drug-likeness (QED) is 0.311. The van der Waals surface area contributed by atoms with Crippen LogP contribution in [0.25, 0.3) is 0 Å². The van der Waals surface area contributed by atoms with E-state index in [-0.39, 0.29) is 12.3 Å². The van der Waals surface area contributed by atoms with Gasteiger partial charge in [-0.3, -0.25) is 9.36 Å². The molecule has 0 aliphatic heterocycles. The zero-order valence-corrected chi connectivity index (χ0v) is 20.6. The van der Waals surface area contributed by atoms with E-state index in [0.29, 0.717) is 24.0 Å². The van der Waals surface area contributed by atoms with Crippen molar-refractivity contribution in [1.82, 2.24) is 4.72 Å². The lowest BCUT2D eigenvalue weighted by atomic mass is 10.1. The summed E-state index contributed by atoms with van der Waals surface area (Å²) in [5.74, 6) is -3.33. The minimum absolute atomic E-state index is 0.186. The van der Waals surface area contributed by atoms with Gasteiger partial charge >= 0.3 is 5.97 Å². The van der Waals surface area contributed by atoms with Gasteiger partial charge in [0.2, 0.25) is 17.4 Å². The van der Waals surface area contributed by atoms with Crippen molar-refractivity contribution in [3.05, 3.63) is 71.3 Å². The molecule has 0 aliphatic rings. The molecule has 8 nitrogen and oxygen atoms in total. The van der Waals surface area contributed by atoms with Gasteiger partial charge in [-0.05, 0) is 35.4 Å². The number of carboxylic acid groups (broad SMARTS) is 1. The highest BCUT2D eigenvalue weighted by Gasteiger charge is 2.44. The number of sulfonamides is 1. The van der Waals surface area contributed by atoms with Crippen LogP contribution in [0, 0.1) is 5.92 Å². The number of benzene rings is 2. The van der Waals surface area contributed by atoms with Crippen LogP contribution in [0.1, 0.15) is 49.0 Å². The van der Waals surface area contributed by atoms with E-state index in [1.807, 2.05) is 30.3 Å². The molecule has 0 saturated heterocycles. The molecule has 33 heavy (non-hydrogen) atoms. The van der Waals surface area contributed by atoms with Crippen LogP contribution >= 0.6 is 7.37 Å². The van der Waals surface area contributed by atoms with Crippen LogP contribution < -0.4 is 10.5 Å².